The van der Waals surface area contributed by atoms with E-state index in [9.17, 15) is 0 Å². The molecule has 0 aromatic heterocycles. The van der Waals surface area contributed by atoms with Gasteiger partial charge in [0.25, 0.3) is 0 Å². The highest BCUT2D eigenvalue weighted by molar-refractivity contribution is 5.59. The molecule has 0 radical (unpaired) electrons. The molecule has 0 atom stereocenters. The summed E-state index contributed by atoms with van der Waals surface area (Å²) in [5.41, 5.74) is 9.45. The van der Waals surface area contributed by atoms with Gasteiger partial charge in [-0.05, 0) is 36.0 Å². The fraction of sp³-hybridized carbons (Fsp3) is 0.375. The van der Waals surface area contributed by atoms with Gasteiger partial charge in [0, 0.05) is 6.54 Å². The molecule has 0 unspecified atom stereocenters. The summed E-state index contributed by atoms with van der Waals surface area (Å²) in [4.78, 5) is 0. The van der Waals surface area contributed by atoms with Crippen LogP contribution in [0.25, 0.3) is 12.2 Å². The Labute approximate surface area is 105 Å². The van der Waals surface area contributed by atoms with E-state index in [1.165, 1.54) is 16.7 Å². The summed E-state index contributed by atoms with van der Waals surface area (Å²) >= 11 is 0. The molecule has 1 nitrogen and oxygen atoms in total. The number of allylic oxidation sites excluding steroid dienone is 1. The molecule has 1 heteroatoms. The molecule has 0 saturated heterocycles. The minimum atomic E-state index is 0.593. The highest BCUT2D eigenvalue weighted by Crippen LogP contribution is 2.18. The quantitative estimate of drug-likeness (QED) is 0.814. The zero-order valence-electron chi connectivity index (χ0n) is 11.1. The van der Waals surface area contributed by atoms with Crippen LogP contribution < -0.4 is 5.73 Å². The second-order valence-corrected chi connectivity index (χ2v) is 4.69. The standard InChI is InChI=1S/C16H23N/c1-4-6-15-9-8-14(7-5-10-17)12-16(15)11-13(2)3/h4-9,12-13H,10-11,17H2,1-3H3/b6-4-,7-5-. The maximum Gasteiger partial charge on any atom is 0.0110 e. The molecule has 0 amide bonds. The summed E-state index contributed by atoms with van der Waals surface area (Å²) in [6.07, 6.45) is 9.46. The molecular formula is C16H23N. The summed E-state index contributed by atoms with van der Waals surface area (Å²) in [7, 11) is 0. The van der Waals surface area contributed by atoms with Crippen LogP contribution in [0.5, 0.6) is 0 Å². The normalized spacial score (nSPS) is 12.1. The number of hydrogen-bond acceptors (Lipinski definition) is 1. The molecule has 17 heavy (non-hydrogen) atoms. The molecule has 0 fully saturated rings. The molecule has 0 bridgehead atoms. The Kier molecular flexibility index (Phi) is 5.71. The van der Waals surface area contributed by atoms with Crippen LogP contribution in [-0.2, 0) is 6.42 Å². The van der Waals surface area contributed by atoms with E-state index < -0.39 is 0 Å². The summed E-state index contributed by atoms with van der Waals surface area (Å²) < 4.78 is 0. The van der Waals surface area contributed by atoms with Crippen LogP contribution >= 0.6 is 0 Å². The summed E-state index contributed by atoms with van der Waals surface area (Å²) in [6, 6.07) is 6.60. The van der Waals surface area contributed by atoms with Crippen LogP contribution in [0.15, 0.2) is 30.4 Å². The highest BCUT2D eigenvalue weighted by Gasteiger charge is 2.03. The van der Waals surface area contributed by atoms with Crippen LogP contribution in [0.4, 0.5) is 0 Å². The van der Waals surface area contributed by atoms with Gasteiger partial charge in [-0.2, -0.15) is 0 Å². The van der Waals surface area contributed by atoms with Crippen LogP contribution in [0.3, 0.4) is 0 Å². The molecule has 92 valence electrons. The summed E-state index contributed by atoms with van der Waals surface area (Å²) in [6.45, 7) is 7.15. The van der Waals surface area contributed by atoms with Crippen molar-refractivity contribution in [1.29, 1.82) is 0 Å². The minimum Gasteiger partial charge on any atom is -0.327 e. The maximum absolute atomic E-state index is 5.47. The van der Waals surface area contributed by atoms with Crippen molar-refractivity contribution in [2.75, 3.05) is 6.54 Å². The lowest BCUT2D eigenvalue weighted by Crippen LogP contribution is -1.97. The average Bonchev–Trinajstić information content (AvgIpc) is 2.29. The van der Waals surface area contributed by atoms with Gasteiger partial charge in [0.15, 0.2) is 0 Å². The second-order valence-electron chi connectivity index (χ2n) is 4.69. The van der Waals surface area contributed by atoms with Crippen LogP contribution in [-0.4, -0.2) is 6.54 Å². The first-order valence-corrected chi connectivity index (χ1v) is 6.29. The Bertz CT molecular complexity index is 400. The largest absolute Gasteiger partial charge is 0.327 e. The van der Waals surface area contributed by atoms with Gasteiger partial charge in [-0.1, -0.05) is 56.4 Å². The van der Waals surface area contributed by atoms with Gasteiger partial charge in [0.1, 0.15) is 0 Å². The summed E-state index contributed by atoms with van der Waals surface area (Å²) in [5.74, 6) is 0.674. The first kappa shape index (κ1) is 13.7. The second kappa shape index (κ2) is 7.08. The highest BCUT2D eigenvalue weighted by atomic mass is 14.5. The van der Waals surface area contributed by atoms with Gasteiger partial charge in [0.05, 0.1) is 0 Å². The monoisotopic (exact) mass is 229 g/mol. The van der Waals surface area contributed by atoms with Gasteiger partial charge < -0.3 is 5.73 Å². The van der Waals surface area contributed by atoms with E-state index in [2.05, 4.69) is 57.2 Å². The molecule has 0 heterocycles. The molecule has 1 aromatic rings. The third kappa shape index (κ3) is 4.58. The summed E-state index contributed by atoms with van der Waals surface area (Å²) in [5, 5.41) is 0. The zero-order valence-corrected chi connectivity index (χ0v) is 11.1. The fourth-order valence-corrected chi connectivity index (χ4v) is 1.89. The molecule has 0 aliphatic heterocycles. The first-order valence-electron chi connectivity index (χ1n) is 6.29. The lowest BCUT2D eigenvalue weighted by molar-refractivity contribution is 0.646. The molecule has 2 N–H and O–H groups in total. The smallest absolute Gasteiger partial charge is 0.0110 e. The van der Waals surface area contributed by atoms with Crippen molar-refractivity contribution in [2.24, 2.45) is 11.7 Å². The number of benzene rings is 1. The zero-order chi connectivity index (χ0) is 12.7. The third-order valence-corrected chi connectivity index (χ3v) is 2.59. The number of hydrogen-bond donors (Lipinski definition) is 1. The lowest BCUT2D eigenvalue weighted by Gasteiger charge is -2.10. The average molecular weight is 229 g/mol. The van der Waals surface area contributed by atoms with E-state index >= 15 is 0 Å². The van der Waals surface area contributed by atoms with Crippen molar-refractivity contribution in [3.05, 3.63) is 47.0 Å². The maximum atomic E-state index is 5.47. The molecule has 1 aromatic carbocycles. The fourth-order valence-electron chi connectivity index (χ4n) is 1.89. The Morgan fingerprint density at radius 3 is 2.59 bits per heavy atom. The van der Waals surface area contributed by atoms with Crippen LogP contribution in [0.2, 0.25) is 0 Å². The van der Waals surface area contributed by atoms with E-state index in [1.807, 2.05) is 6.08 Å². The van der Waals surface area contributed by atoms with Gasteiger partial charge >= 0.3 is 0 Å². The van der Waals surface area contributed by atoms with Crippen molar-refractivity contribution in [2.45, 2.75) is 27.2 Å². The molecule has 0 spiro atoms. The van der Waals surface area contributed by atoms with Crippen molar-refractivity contribution in [1.82, 2.24) is 0 Å². The molecule has 0 saturated carbocycles. The molecule has 1 rings (SSSR count). The van der Waals surface area contributed by atoms with Crippen molar-refractivity contribution >= 4 is 12.2 Å². The molecule has 0 aliphatic carbocycles. The van der Waals surface area contributed by atoms with E-state index in [1.54, 1.807) is 0 Å². The topological polar surface area (TPSA) is 26.0 Å². The number of rotatable bonds is 5. The first-order chi connectivity index (χ1) is 8.17. The van der Waals surface area contributed by atoms with Gasteiger partial charge in [-0.15, -0.1) is 0 Å². The molecular weight excluding hydrogens is 206 g/mol. The van der Waals surface area contributed by atoms with Gasteiger partial charge in [-0.3, -0.25) is 0 Å². The van der Waals surface area contributed by atoms with E-state index in [0.29, 0.717) is 12.5 Å². The van der Waals surface area contributed by atoms with Crippen LogP contribution in [0, 0.1) is 5.92 Å². The van der Waals surface area contributed by atoms with E-state index in [-0.39, 0.29) is 0 Å². The Balaban J connectivity index is 3.04. The lowest BCUT2D eigenvalue weighted by atomic mass is 9.95. The third-order valence-electron chi connectivity index (χ3n) is 2.59. The van der Waals surface area contributed by atoms with Crippen molar-refractivity contribution in [3.63, 3.8) is 0 Å². The Morgan fingerprint density at radius 2 is 2.00 bits per heavy atom. The SMILES string of the molecule is C/C=C\c1ccc(/C=C\CN)cc1CC(C)C. The Hall–Kier alpha value is -1.34. The molecule has 0 aliphatic rings. The predicted octanol–water partition coefficient (Wildman–Crippen LogP) is 3.89. The predicted molar refractivity (Wildman–Crippen MR) is 77.8 cm³/mol. The minimum absolute atomic E-state index is 0.593. The van der Waals surface area contributed by atoms with E-state index in [4.69, 9.17) is 5.73 Å². The Morgan fingerprint density at radius 1 is 1.24 bits per heavy atom. The number of nitrogens with two attached hydrogens (primary N) is 1. The van der Waals surface area contributed by atoms with Crippen LogP contribution in [0.1, 0.15) is 37.5 Å². The van der Waals surface area contributed by atoms with E-state index in [0.717, 1.165) is 6.42 Å². The van der Waals surface area contributed by atoms with Crippen molar-refractivity contribution < 1.29 is 0 Å². The van der Waals surface area contributed by atoms with Crippen molar-refractivity contribution in [3.8, 4) is 0 Å². The van der Waals surface area contributed by atoms with Gasteiger partial charge in [-0.25, -0.2) is 0 Å². The van der Waals surface area contributed by atoms with Gasteiger partial charge in [0.2, 0.25) is 0 Å².